The third-order valence-corrected chi connectivity index (χ3v) is 20.5. The topological polar surface area (TPSA) is 231 Å². The quantitative estimate of drug-likeness (QED) is 0.0146. The maximum Gasteiger partial charge on any atom is 0.472 e. The smallest absolute Gasteiger partial charge is 0.463 e. The molecule has 0 aromatic rings. The van der Waals surface area contributed by atoms with E-state index in [2.05, 4.69) is 203 Å². The minimum atomic E-state index is -4.95. The van der Waals surface area contributed by atoms with Crippen molar-refractivity contribution in [2.75, 3.05) is 39.6 Å². The number of rotatable bonds is 84. The summed E-state index contributed by atoms with van der Waals surface area (Å²) in [4.78, 5) is 58.9. The number of hydrogen-bond donors (Lipinski definition) is 4. The third kappa shape index (κ3) is 89.3. The fourth-order valence-electron chi connectivity index (χ4n) is 11.8. The lowest BCUT2D eigenvalue weighted by Crippen LogP contribution is -2.30. The van der Waals surface area contributed by atoms with Crippen molar-refractivity contribution in [3.05, 3.63) is 182 Å². The predicted octanol–water partition coefficient (Wildman–Crippen LogP) is 27.7. The van der Waals surface area contributed by atoms with E-state index in [0.717, 1.165) is 193 Å². The van der Waals surface area contributed by atoms with E-state index in [1.165, 1.54) is 103 Å². The van der Waals surface area contributed by atoms with E-state index in [-0.39, 0.29) is 19.3 Å². The van der Waals surface area contributed by atoms with Gasteiger partial charge in [-0.3, -0.25) is 32.5 Å². The van der Waals surface area contributed by atoms with Gasteiger partial charge >= 0.3 is 33.6 Å². The fourth-order valence-corrected chi connectivity index (χ4v) is 13.4. The van der Waals surface area contributed by atoms with Gasteiger partial charge in [0.1, 0.15) is 25.4 Å². The first-order chi connectivity index (χ1) is 56.2. The van der Waals surface area contributed by atoms with Gasteiger partial charge in [0.25, 0.3) is 0 Å². The summed E-state index contributed by atoms with van der Waals surface area (Å²) in [5, 5.41) is 20.7. The molecular formula is C97H162O16P2. The van der Waals surface area contributed by atoms with Crippen molar-refractivity contribution < 1.29 is 75.8 Å². The number of carbonyl (C=O) groups excluding carboxylic acids is 3. The van der Waals surface area contributed by atoms with Crippen LogP contribution in [0.1, 0.15) is 355 Å². The summed E-state index contributed by atoms with van der Waals surface area (Å²) in [6.07, 6.45) is 115. The summed E-state index contributed by atoms with van der Waals surface area (Å²) in [5.41, 5.74) is 0. The van der Waals surface area contributed by atoms with Gasteiger partial charge in [-0.15, -0.1) is 0 Å². The second-order valence-corrected chi connectivity index (χ2v) is 32.5. The molecule has 115 heavy (non-hydrogen) atoms. The molecule has 656 valence electrons. The van der Waals surface area contributed by atoms with Crippen molar-refractivity contribution in [3.63, 3.8) is 0 Å². The number of phosphoric acid groups is 2. The van der Waals surface area contributed by atoms with Crippen molar-refractivity contribution in [3.8, 4) is 0 Å². The Bertz CT molecular complexity index is 2820. The number of aliphatic hydroxyl groups excluding tert-OH is 2. The average molecular weight is 1650 g/mol. The molecule has 0 amide bonds. The van der Waals surface area contributed by atoms with Crippen molar-refractivity contribution in [1.29, 1.82) is 0 Å². The molecule has 16 nitrogen and oxygen atoms in total. The minimum absolute atomic E-state index is 0.0813. The molecule has 0 saturated heterocycles. The number of carbonyl (C=O) groups is 3. The van der Waals surface area contributed by atoms with Crippen LogP contribution in [0.25, 0.3) is 0 Å². The highest BCUT2D eigenvalue weighted by atomic mass is 31.2. The number of ether oxygens (including phenoxy) is 3. The van der Waals surface area contributed by atoms with Gasteiger partial charge in [0.05, 0.1) is 26.4 Å². The standard InChI is InChI=1S/C97H162O16P2/c1-4-7-10-13-16-19-22-25-28-31-34-36-38-40-41-42-43-44-45-46-47-48-49-51-53-54-57-59-62-65-68-71-74-77-80-83-95(100)107-86-92(98)87-109-114(103,104)110-88-93(99)89-111-115(105,106)112-91-94(113-97(102)85-82-79-76-73-70-67-64-61-56-33-30-27-24-21-18-15-12-9-6-3)90-108-96(101)84-81-78-75-72-69-66-63-60-58-55-52-50-39-37-35-32-29-26-23-20-17-14-11-8-5-2/h7-8,10-11,16-21,25-30,34-37,40-41,43-44,50,52,56,58,60-61,92-94,98-99H,4-6,9,12-15,22-24,31-33,38-39,42,45-49,51,53-55,57,59,62-91H2,1-3H3,(H,103,104)(H,105,106)/b10-7-,11-8-,19-16-,20-17-,21-18-,28-25-,29-26-,30-27-,36-34-,37-35-,41-40-,44-43-,52-50-,60-58-,61-56-. The van der Waals surface area contributed by atoms with Gasteiger partial charge in [-0.05, 0) is 161 Å². The molecule has 0 radical (unpaired) electrons. The molecule has 0 aliphatic rings. The second kappa shape index (κ2) is 87.9. The maximum absolute atomic E-state index is 13.0. The number of allylic oxidation sites excluding steroid dienone is 30. The lowest BCUT2D eigenvalue weighted by molar-refractivity contribution is -0.161. The first-order valence-corrected chi connectivity index (χ1v) is 48.1. The molecule has 0 aliphatic carbocycles. The summed E-state index contributed by atoms with van der Waals surface area (Å²) in [6.45, 7) is 2.42. The largest absolute Gasteiger partial charge is 0.472 e. The molecule has 0 fully saturated rings. The first-order valence-electron chi connectivity index (χ1n) is 45.1. The molecule has 0 saturated carbocycles. The average Bonchev–Trinajstić information content (AvgIpc) is 0.902. The van der Waals surface area contributed by atoms with Gasteiger partial charge in [-0.1, -0.05) is 357 Å². The van der Waals surface area contributed by atoms with Crippen molar-refractivity contribution in [2.45, 2.75) is 373 Å². The Labute approximate surface area is 700 Å². The van der Waals surface area contributed by atoms with Crippen molar-refractivity contribution >= 4 is 33.6 Å². The van der Waals surface area contributed by atoms with Crippen LogP contribution in [0.15, 0.2) is 182 Å². The van der Waals surface area contributed by atoms with Crippen LogP contribution in [0.5, 0.6) is 0 Å². The van der Waals surface area contributed by atoms with Gasteiger partial charge < -0.3 is 34.2 Å². The van der Waals surface area contributed by atoms with Crippen molar-refractivity contribution in [1.82, 2.24) is 0 Å². The zero-order valence-electron chi connectivity index (χ0n) is 72.1. The Morgan fingerprint density at radius 3 is 0.730 bits per heavy atom. The molecule has 18 heteroatoms. The van der Waals surface area contributed by atoms with Gasteiger partial charge in [-0.25, -0.2) is 9.13 Å². The van der Waals surface area contributed by atoms with Crippen LogP contribution in [-0.2, 0) is 55.8 Å². The Morgan fingerprint density at radius 2 is 0.461 bits per heavy atom. The number of aliphatic hydroxyl groups is 2. The van der Waals surface area contributed by atoms with Crippen LogP contribution >= 0.6 is 15.6 Å². The number of hydrogen-bond acceptors (Lipinski definition) is 14. The van der Waals surface area contributed by atoms with Crippen LogP contribution < -0.4 is 0 Å². The van der Waals surface area contributed by atoms with E-state index >= 15 is 0 Å². The summed E-state index contributed by atoms with van der Waals surface area (Å²) in [5.74, 6) is -1.61. The van der Waals surface area contributed by atoms with Crippen LogP contribution in [-0.4, -0.2) is 95.9 Å². The van der Waals surface area contributed by atoms with Crippen molar-refractivity contribution in [2.24, 2.45) is 0 Å². The highest BCUT2D eigenvalue weighted by Crippen LogP contribution is 2.45. The molecule has 0 spiro atoms. The fraction of sp³-hybridized carbons (Fsp3) is 0.660. The van der Waals surface area contributed by atoms with Gasteiger partial charge in [0, 0.05) is 19.3 Å². The van der Waals surface area contributed by atoms with E-state index in [9.17, 15) is 43.5 Å². The number of unbranched alkanes of at least 4 members (excludes halogenated alkanes) is 31. The van der Waals surface area contributed by atoms with Gasteiger partial charge in [0.15, 0.2) is 6.10 Å². The maximum atomic E-state index is 13.0. The summed E-state index contributed by atoms with van der Waals surface area (Å²) in [6, 6.07) is 0. The first kappa shape index (κ1) is 110. The van der Waals surface area contributed by atoms with Crippen LogP contribution in [0.3, 0.4) is 0 Å². The summed E-state index contributed by atoms with van der Waals surface area (Å²) >= 11 is 0. The second-order valence-electron chi connectivity index (χ2n) is 29.6. The molecule has 0 aromatic heterocycles. The number of phosphoric ester groups is 2. The number of esters is 3. The van der Waals surface area contributed by atoms with Gasteiger partial charge in [0.2, 0.25) is 0 Å². The van der Waals surface area contributed by atoms with Crippen LogP contribution in [0, 0.1) is 0 Å². The van der Waals surface area contributed by atoms with Crippen LogP contribution in [0.4, 0.5) is 0 Å². The molecular weight excluding hydrogens is 1480 g/mol. The molecule has 5 atom stereocenters. The van der Waals surface area contributed by atoms with E-state index in [0.29, 0.717) is 19.3 Å². The Morgan fingerprint density at radius 1 is 0.252 bits per heavy atom. The lowest BCUT2D eigenvalue weighted by atomic mass is 10.0. The lowest BCUT2D eigenvalue weighted by Gasteiger charge is -2.21. The van der Waals surface area contributed by atoms with E-state index in [1.807, 2.05) is 0 Å². The van der Waals surface area contributed by atoms with E-state index in [1.54, 1.807) is 0 Å². The van der Waals surface area contributed by atoms with E-state index in [4.69, 9.17) is 32.3 Å². The monoisotopic (exact) mass is 1650 g/mol. The molecule has 0 aromatic carbocycles. The molecule has 0 aliphatic heterocycles. The SMILES string of the molecule is CC/C=C\C/C=C\C/C=C\C/C=C\C/C=C\C/C=C\CCCCCCCCCCCCCCCCCCC(=O)OCC(O)COP(=O)(O)OCC(O)COP(=O)(O)OCC(COC(=O)CCCCCCCC/C=C\C/C=C\C/C=C\C/C=C\C/C=C\C/C=C\CC)OC(=O)CCCCCCCC/C=C\C/C=C\C/C=C\CCCCC. The summed E-state index contributed by atoms with van der Waals surface area (Å²) in [7, 11) is -9.82. The Hall–Kier alpha value is -5.35. The molecule has 4 N–H and O–H groups in total. The minimum Gasteiger partial charge on any atom is -0.463 e. The highest BCUT2D eigenvalue weighted by molar-refractivity contribution is 7.47. The zero-order valence-corrected chi connectivity index (χ0v) is 73.9. The zero-order chi connectivity index (χ0) is 83.6. The molecule has 5 unspecified atom stereocenters. The Balaban J connectivity index is 4.54. The Kier molecular flexibility index (Phi) is 83.9. The molecule has 0 heterocycles. The normalized spacial score (nSPS) is 14.7. The summed E-state index contributed by atoms with van der Waals surface area (Å²) < 4.78 is 61.4. The van der Waals surface area contributed by atoms with Crippen LogP contribution in [0.2, 0.25) is 0 Å². The predicted molar refractivity (Wildman–Crippen MR) is 481 cm³/mol. The molecule has 0 rings (SSSR count). The highest BCUT2D eigenvalue weighted by Gasteiger charge is 2.29. The molecule has 0 bridgehead atoms. The third-order valence-electron chi connectivity index (χ3n) is 18.6. The van der Waals surface area contributed by atoms with E-state index < -0.39 is 91.5 Å². The van der Waals surface area contributed by atoms with Gasteiger partial charge in [-0.2, -0.15) is 0 Å².